The van der Waals surface area contributed by atoms with Crippen molar-refractivity contribution in [1.29, 1.82) is 0 Å². The van der Waals surface area contributed by atoms with E-state index in [1.165, 1.54) is 17.5 Å². The number of aromatic carboxylic acids is 1. The van der Waals surface area contributed by atoms with Crippen LogP contribution in [0.5, 0.6) is 0 Å². The van der Waals surface area contributed by atoms with Gasteiger partial charge in [-0.2, -0.15) is 5.10 Å². The van der Waals surface area contributed by atoms with Crippen LogP contribution < -0.4 is 0 Å². The van der Waals surface area contributed by atoms with Crippen molar-refractivity contribution in [3.63, 3.8) is 0 Å². The molecule has 2 N–H and O–H groups in total. The predicted octanol–water partition coefficient (Wildman–Crippen LogP) is 2.14. The number of aromatic nitrogens is 2. The first kappa shape index (κ1) is 8.96. The van der Waals surface area contributed by atoms with Gasteiger partial charge in [0.25, 0.3) is 0 Å². The zero-order valence-electron chi connectivity index (χ0n) is 7.44. The minimum atomic E-state index is -0.957. The number of carboxylic acid groups (broad SMARTS) is 1. The molecule has 0 saturated carbocycles. The summed E-state index contributed by atoms with van der Waals surface area (Å²) >= 11 is 1.50. The summed E-state index contributed by atoms with van der Waals surface area (Å²) in [6, 6.07) is 1.95. The molecule has 0 aliphatic heterocycles. The number of aromatic amines is 1. The van der Waals surface area contributed by atoms with Gasteiger partial charge in [0.05, 0.1) is 16.8 Å². The maximum absolute atomic E-state index is 10.8. The Hall–Kier alpha value is -1.62. The highest BCUT2D eigenvalue weighted by molar-refractivity contribution is 7.13. The Morgan fingerprint density at radius 2 is 2.43 bits per heavy atom. The lowest BCUT2D eigenvalue weighted by atomic mass is 10.2. The molecule has 72 valence electrons. The van der Waals surface area contributed by atoms with Gasteiger partial charge in [0.1, 0.15) is 5.56 Å². The number of thiophene rings is 1. The fraction of sp³-hybridized carbons (Fsp3) is 0.111. The van der Waals surface area contributed by atoms with E-state index in [0.717, 1.165) is 10.4 Å². The van der Waals surface area contributed by atoms with Crippen LogP contribution in [0.15, 0.2) is 17.6 Å². The molecule has 0 atom stereocenters. The number of nitrogens with one attached hydrogen (secondary N) is 1. The molecule has 0 saturated heterocycles. The Bertz CT molecular complexity index is 473. The summed E-state index contributed by atoms with van der Waals surface area (Å²) in [7, 11) is 0. The van der Waals surface area contributed by atoms with Gasteiger partial charge in [-0.25, -0.2) is 4.79 Å². The van der Waals surface area contributed by atoms with Gasteiger partial charge in [0, 0.05) is 0 Å². The van der Waals surface area contributed by atoms with E-state index in [1.807, 2.05) is 18.4 Å². The first-order valence-corrected chi connectivity index (χ1v) is 4.89. The number of carbonyl (C=O) groups is 1. The van der Waals surface area contributed by atoms with Gasteiger partial charge in [0.2, 0.25) is 0 Å². The van der Waals surface area contributed by atoms with Crippen LogP contribution in [0.4, 0.5) is 0 Å². The molecular weight excluding hydrogens is 200 g/mol. The van der Waals surface area contributed by atoms with Crippen molar-refractivity contribution >= 4 is 17.3 Å². The third-order valence-corrected chi connectivity index (χ3v) is 2.99. The van der Waals surface area contributed by atoms with Crippen LogP contribution in [-0.4, -0.2) is 21.3 Å². The number of rotatable bonds is 2. The third-order valence-electron chi connectivity index (χ3n) is 1.96. The van der Waals surface area contributed by atoms with E-state index in [9.17, 15) is 4.79 Å². The maximum Gasteiger partial charge on any atom is 0.339 e. The molecule has 2 heterocycles. The fourth-order valence-corrected chi connectivity index (χ4v) is 2.19. The highest BCUT2D eigenvalue weighted by Crippen LogP contribution is 2.29. The quantitative estimate of drug-likeness (QED) is 0.794. The van der Waals surface area contributed by atoms with Crippen LogP contribution in [0.1, 0.15) is 15.9 Å². The van der Waals surface area contributed by atoms with Crippen LogP contribution in [0.25, 0.3) is 10.6 Å². The summed E-state index contributed by atoms with van der Waals surface area (Å²) in [5.41, 5.74) is 1.86. The summed E-state index contributed by atoms with van der Waals surface area (Å²) in [5, 5.41) is 17.3. The van der Waals surface area contributed by atoms with E-state index in [4.69, 9.17) is 5.11 Å². The average molecular weight is 208 g/mol. The summed E-state index contributed by atoms with van der Waals surface area (Å²) in [4.78, 5) is 11.8. The molecule has 2 rings (SSSR count). The predicted molar refractivity (Wildman–Crippen MR) is 53.6 cm³/mol. The van der Waals surface area contributed by atoms with E-state index >= 15 is 0 Å². The molecular formula is C9H8N2O2S. The summed E-state index contributed by atoms with van der Waals surface area (Å²) in [6.45, 7) is 1.94. The molecule has 0 aliphatic rings. The zero-order valence-corrected chi connectivity index (χ0v) is 8.26. The number of hydrogen-bond donors (Lipinski definition) is 2. The molecule has 0 spiro atoms. The van der Waals surface area contributed by atoms with Crippen LogP contribution in [-0.2, 0) is 0 Å². The first-order valence-electron chi connectivity index (χ1n) is 4.01. The van der Waals surface area contributed by atoms with Gasteiger partial charge in [-0.15, -0.1) is 11.3 Å². The van der Waals surface area contributed by atoms with E-state index in [1.54, 1.807) is 0 Å². The van der Waals surface area contributed by atoms with Crippen molar-refractivity contribution in [3.8, 4) is 10.6 Å². The molecule has 14 heavy (non-hydrogen) atoms. The van der Waals surface area contributed by atoms with Crippen LogP contribution in [0.3, 0.4) is 0 Å². The van der Waals surface area contributed by atoms with Gasteiger partial charge in [-0.3, -0.25) is 5.10 Å². The van der Waals surface area contributed by atoms with Gasteiger partial charge < -0.3 is 5.11 Å². The van der Waals surface area contributed by atoms with Gasteiger partial charge in [-0.1, -0.05) is 0 Å². The molecule has 0 unspecified atom stereocenters. The second kappa shape index (κ2) is 3.26. The summed E-state index contributed by atoms with van der Waals surface area (Å²) in [6.07, 6.45) is 1.33. The van der Waals surface area contributed by atoms with Crippen molar-refractivity contribution in [1.82, 2.24) is 10.2 Å². The van der Waals surface area contributed by atoms with Gasteiger partial charge in [-0.05, 0) is 23.9 Å². The zero-order chi connectivity index (χ0) is 10.1. The molecule has 0 bridgehead atoms. The van der Waals surface area contributed by atoms with Gasteiger partial charge >= 0.3 is 5.97 Å². The van der Waals surface area contributed by atoms with Crippen molar-refractivity contribution in [2.75, 3.05) is 0 Å². The monoisotopic (exact) mass is 208 g/mol. The lowest BCUT2D eigenvalue weighted by molar-refractivity contribution is 0.0698. The number of nitrogens with zero attached hydrogens (tertiary/aromatic N) is 1. The number of hydrogen-bond acceptors (Lipinski definition) is 3. The van der Waals surface area contributed by atoms with Gasteiger partial charge in [0.15, 0.2) is 0 Å². The highest BCUT2D eigenvalue weighted by atomic mass is 32.1. The summed E-state index contributed by atoms with van der Waals surface area (Å²) < 4.78 is 0. The minimum Gasteiger partial charge on any atom is -0.478 e. The topological polar surface area (TPSA) is 66.0 Å². The molecule has 5 heteroatoms. The lowest BCUT2D eigenvalue weighted by Gasteiger charge is -1.96. The van der Waals surface area contributed by atoms with Crippen LogP contribution in [0.2, 0.25) is 0 Å². The third kappa shape index (κ3) is 1.31. The Morgan fingerprint density at radius 3 is 3.00 bits per heavy atom. The van der Waals surface area contributed by atoms with Crippen molar-refractivity contribution in [2.24, 2.45) is 0 Å². The fourth-order valence-electron chi connectivity index (χ4n) is 1.25. The molecule has 0 aromatic carbocycles. The summed E-state index contributed by atoms with van der Waals surface area (Å²) in [5.74, 6) is -0.957. The minimum absolute atomic E-state index is 0.218. The number of H-pyrrole nitrogens is 1. The highest BCUT2D eigenvalue weighted by Gasteiger charge is 2.15. The first-order chi connectivity index (χ1) is 6.70. The van der Waals surface area contributed by atoms with E-state index in [0.29, 0.717) is 5.69 Å². The Kier molecular flexibility index (Phi) is 2.09. The number of carboxylic acids is 1. The standard InChI is InChI=1S/C9H8N2O2S/c1-5-2-3-14-8(5)7-6(9(12)13)4-10-11-7/h2-4H,1H3,(H,10,11)(H,12,13). The maximum atomic E-state index is 10.8. The molecule has 4 nitrogen and oxygen atoms in total. The second-order valence-electron chi connectivity index (χ2n) is 2.90. The van der Waals surface area contributed by atoms with Crippen molar-refractivity contribution < 1.29 is 9.90 Å². The number of aryl methyl sites for hydroxylation is 1. The molecule has 0 radical (unpaired) electrons. The Labute approximate surface area is 84.2 Å². The molecule has 0 fully saturated rings. The average Bonchev–Trinajstić information content (AvgIpc) is 2.70. The normalized spacial score (nSPS) is 10.4. The smallest absolute Gasteiger partial charge is 0.339 e. The lowest BCUT2D eigenvalue weighted by Crippen LogP contribution is -1.96. The largest absolute Gasteiger partial charge is 0.478 e. The SMILES string of the molecule is Cc1ccsc1-c1[nH]ncc1C(=O)O. The van der Waals surface area contributed by atoms with E-state index in [2.05, 4.69) is 10.2 Å². The van der Waals surface area contributed by atoms with E-state index < -0.39 is 5.97 Å². The van der Waals surface area contributed by atoms with Crippen molar-refractivity contribution in [2.45, 2.75) is 6.92 Å². The molecule has 2 aromatic heterocycles. The van der Waals surface area contributed by atoms with Crippen LogP contribution in [0, 0.1) is 6.92 Å². The van der Waals surface area contributed by atoms with Crippen LogP contribution >= 0.6 is 11.3 Å². The Balaban J connectivity index is 2.57. The van der Waals surface area contributed by atoms with Crippen molar-refractivity contribution in [3.05, 3.63) is 28.8 Å². The Morgan fingerprint density at radius 1 is 1.64 bits per heavy atom. The molecule has 0 amide bonds. The second-order valence-corrected chi connectivity index (χ2v) is 3.81. The molecule has 0 aliphatic carbocycles. The van der Waals surface area contributed by atoms with E-state index in [-0.39, 0.29) is 5.56 Å². The molecule has 2 aromatic rings.